The predicted octanol–water partition coefficient (Wildman–Crippen LogP) is 2.82. The van der Waals surface area contributed by atoms with Crippen LogP contribution >= 0.6 is 0 Å². The van der Waals surface area contributed by atoms with Crippen molar-refractivity contribution in [2.24, 2.45) is 0 Å². The Hall–Kier alpha value is -2.73. The van der Waals surface area contributed by atoms with E-state index in [0.717, 1.165) is 42.8 Å². The Kier molecular flexibility index (Phi) is 5.75. The van der Waals surface area contributed by atoms with Crippen molar-refractivity contribution in [3.05, 3.63) is 47.9 Å². The van der Waals surface area contributed by atoms with Crippen molar-refractivity contribution < 1.29 is 31.1 Å². The van der Waals surface area contributed by atoms with Gasteiger partial charge in [0.15, 0.2) is 0 Å². The zero-order valence-corrected chi connectivity index (χ0v) is 18.9. The summed E-state index contributed by atoms with van der Waals surface area (Å²) in [6.07, 6.45) is 0.979. The molecule has 2 aliphatic heterocycles. The zero-order valence-electron chi connectivity index (χ0n) is 18.1. The Morgan fingerprint density at radius 3 is 2.38 bits per heavy atom. The van der Waals surface area contributed by atoms with Crippen LogP contribution in [-0.4, -0.2) is 65.3 Å². The van der Waals surface area contributed by atoms with Crippen LogP contribution in [-0.2, 0) is 21.0 Å². The molecule has 0 radical (unpaired) electrons. The van der Waals surface area contributed by atoms with E-state index in [0.29, 0.717) is 24.8 Å². The van der Waals surface area contributed by atoms with Crippen molar-refractivity contribution in [1.82, 2.24) is 19.2 Å². The lowest BCUT2D eigenvalue weighted by molar-refractivity contribution is -0.137. The van der Waals surface area contributed by atoms with E-state index < -0.39 is 27.8 Å². The first-order valence-electron chi connectivity index (χ1n) is 11.1. The number of alkyl halides is 3. The van der Waals surface area contributed by atoms with Crippen molar-refractivity contribution in [3.63, 3.8) is 0 Å². The van der Waals surface area contributed by atoms with Crippen molar-refractivity contribution in [2.75, 3.05) is 19.6 Å². The summed E-state index contributed by atoms with van der Waals surface area (Å²) in [4.78, 5) is 22.7. The van der Waals surface area contributed by atoms with Crippen LogP contribution in [0.25, 0.3) is 0 Å². The minimum Gasteiger partial charge on any atom is -0.471 e. The van der Waals surface area contributed by atoms with Crippen molar-refractivity contribution in [3.8, 4) is 5.88 Å². The van der Waals surface area contributed by atoms with Gasteiger partial charge in [0, 0.05) is 37.9 Å². The third kappa shape index (κ3) is 4.61. The lowest BCUT2D eigenvalue weighted by Gasteiger charge is -2.25. The Balaban J connectivity index is 1.28. The highest BCUT2D eigenvalue weighted by Gasteiger charge is 2.42. The Morgan fingerprint density at radius 2 is 1.76 bits per heavy atom. The average Bonchev–Trinajstić information content (AvgIpc) is 3.59. The van der Waals surface area contributed by atoms with Crippen LogP contribution in [0.2, 0.25) is 0 Å². The first-order chi connectivity index (χ1) is 16.1. The van der Waals surface area contributed by atoms with E-state index in [1.807, 2.05) is 0 Å². The standard InChI is InChI=1S/C22H23F3N4O4S/c23-22(24,25)15-3-5-18(6-4-15)34(31,32)28-8-7-21(30)29-13-17(9-16(29)12-28)33-20-11-26-19(10-27-20)14-1-2-14/h3-6,10-11,14,16-17H,1-2,7-9,12-13H2/t16-,17-/m1/s1. The molecule has 3 fully saturated rings. The van der Waals surface area contributed by atoms with Crippen LogP contribution in [0.5, 0.6) is 5.88 Å². The second kappa shape index (κ2) is 8.49. The maximum atomic E-state index is 13.1. The van der Waals surface area contributed by atoms with Crippen LogP contribution in [0.15, 0.2) is 41.6 Å². The number of sulfonamides is 1. The summed E-state index contributed by atoms with van der Waals surface area (Å²) >= 11 is 0. The van der Waals surface area contributed by atoms with Crippen molar-refractivity contribution in [1.29, 1.82) is 0 Å². The fraction of sp³-hybridized carbons (Fsp3) is 0.500. The molecule has 0 spiro atoms. The Morgan fingerprint density at radius 1 is 1.03 bits per heavy atom. The number of amides is 1. The van der Waals surface area contributed by atoms with Gasteiger partial charge in [-0.3, -0.25) is 9.78 Å². The molecule has 0 N–H and O–H groups in total. The second-order valence-electron chi connectivity index (χ2n) is 8.86. The van der Waals surface area contributed by atoms with Gasteiger partial charge in [0.25, 0.3) is 0 Å². The van der Waals surface area contributed by atoms with E-state index in [4.69, 9.17) is 4.74 Å². The lowest BCUT2D eigenvalue weighted by atomic mass is 10.2. The number of hydrogen-bond acceptors (Lipinski definition) is 6. The first-order valence-corrected chi connectivity index (χ1v) is 12.5. The van der Waals surface area contributed by atoms with Gasteiger partial charge in [0.2, 0.25) is 21.8 Å². The zero-order chi connectivity index (χ0) is 24.1. The summed E-state index contributed by atoms with van der Waals surface area (Å²) in [5.41, 5.74) is 0.0136. The number of nitrogens with zero attached hydrogens (tertiary/aromatic N) is 4. The number of halogens is 3. The number of carbonyl (C=O) groups excluding carboxylic acids is 1. The molecule has 12 heteroatoms. The fourth-order valence-corrected chi connectivity index (χ4v) is 5.94. The summed E-state index contributed by atoms with van der Waals surface area (Å²) in [5.74, 6) is 0.645. The molecule has 5 rings (SSSR count). The molecule has 1 aromatic heterocycles. The van der Waals surface area contributed by atoms with Crippen LogP contribution in [0.3, 0.4) is 0 Å². The average molecular weight is 497 g/mol. The predicted molar refractivity (Wildman–Crippen MR) is 113 cm³/mol. The quantitative estimate of drug-likeness (QED) is 0.632. The largest absolute Gasteiger partial charge is 0.471 e. The summed E-state index contributed by atoms with van der Waals surface area (Å²) in [7, 11) is -4.07. The molecule has 0 bridgehead atoms. The summed E-state index contributed by atoms with van der Waals surface area (Å²) in [6.45, 7) is 0.319. The lowest BCUT2D eigenvalue weighted by Crippen LogP contribution is -2.40. The van der Waals surface area contributed by atoms with E-state index in [2.05, 4.69) is 9.97 Å². The highest BCUT2D eigenvalue weighted by atomic mass is 32.2. The van der Waals surface area contributed by atoms with E-state index >= 15 is 0 Å². The van der Waals surface area contributed by atoms with Crippen LogP contribution in [0.4, 0.5) is 13.2 Å². The third-order valence-corrected chi connectivity index (χ3v) is 8.32. The van der Waals surface area contributed by atoms with Gasteiger partial charge < -0.3 is 9.64 Å². The third-order valence-electron chi connectivity index (χ3n) is 6.44. The topological polar surface area (TPSA) is 92.7 Å². The van der Waals surface area contributed by atoms with Gasteiger partial charge in [-0.15, -0.1) is 0 Å². The summed E-state index contributed by atoms with van der Waals surface area (Å²) in [5, 5.41) is 0. The van der Waals surface area contributed by atoms with Crippen molar-refractivity contribution in [2.45, 2.75) is 54.8 Å². The van der Waals surface area contributed by atoms with Crippen LogP contribution in [0.1, 0.15) is 42.9 Å². The van der Waals surface area contributed by atoms with Crippen molar-refractivity contribution >= 4 is 15.9 Å². The molecule has 2 saturated heterocycles. The van der Waals surface area contributed by atoms with Gasteiger partial charge in [-0.25, -0.2) is 13.4 Å². The monoisotopic (exact) mass is 496 g/mol. The molecule has 3 aliphatic rings. The highest BCUT2D eigenvalue weighted by Crippen LogP contribution is 2.38. The summed E-state index contributed by atoms with van der Waals surface area (Å²) < 4.78 is 71.9. The van der Waals surface area contributed by atoms with E-state index in [1.54, 1.807) is 17.3 Å². The number of ether oxygens (including phenoxy) is 1. The normalized spacial score (nSPS) is 24.1. The van der Waals surface area contributed by atoms with Gasteiger partial charge in [0.05, 0.1) is 35.1 Å². The Labute approximate surface area is 194 Å². The van der Waals surface area contributed by atoms with Gasteiger partial charge in [0.1, 0.15) is 6.10 Å². The van der Waals surface area contributed by atoms with Gasteiger partial charge in [-0.2, -0.15) is 17.5 Å². The fourth-order valence-electron chi connectivity index (χ4n) is 4.46. The van der Waals surface area contributed by atoms with Gasteiger partial charge in [-0.05, 0) is 37.1 Å². The number of aromatic nitrogens is 2. The maximum absolute atomic E-state index is 13.1. The maximum Gasteiger partial charge on any atom is 0.416 e. The second-order valence-corrected chi connectivity index (χ2v) is 10.8. The van der Waals surface area contributed by atoms with E-state index in [1.165, 1.54) is 4.31 Å². The highest BCUT2D eigenvalue weighted by molar-refractivity contribution is 7.89. The molecular formula is C22H23F3N4O4S. The van der Waals surface area contributed by atoms with Gasteiger partial charge >= 0.3 is 6.18 Å². The molecule has 34 heavy (non-hydrogen) atoms. The minimum atomic E-state index is -4.56. The molecule has 8 nitrogen and oxygen atoms in total. The Bertz CT molecular complexity index is 1170. The minimum absolute atomic E-state index is 0.0149. The first kappa shape index (κ1) is 23.0. The van der Waals surface area contributed by atoms with E-state index in [-0.39, 0.29) is 36.4 Å². The number of rotatable bonds is 5. The van der Waals surface area contributed by atoms with E-state index in [9.17, 15) is 26.4 Å². The molecule has 1 saturated carbocycles. The number of benzene rings is 1. The molecule has 182 valence electrons. The molecule has 1 aliphatic carbocycles. The van der Waals surface area contributed by atoms with Crippen LogP contribution in [0, 0.1) is 0 Å². The molecule has 2 aromatic rings. The number of hydrogen-bond donors (Lipinski definition) is 0. The smallest absolute Gasteiger partial charge is 0.416 e. The molecule has 3 heterocycles. The van der Waals surface area contributed by atoms with Gasteiger partial charge in [-0.1, -0.05) is 0 Å². The summed E-state index contributed by atoms with van der Waals surface area (Å²) in [6, 6.07) is 3.00. The van der Waals surface area contributed by atoms with Crippen LogP contribution < -0.4 is 4.74 Å². The molecular weight excluding hydrogens is 473 g/mol. The molecule has 1 amide bonds. The molecule has 1 aromatic carbocycles. The number of carbonyl (C=O) groups is 1. The molecule has 2 atom stereocenters. The number of fused-ring (bicyclic) bond motifs is 1. The SMILES string of the molecule is O=C1CCN(S(=O)(=O)c2ccc(C(F)(F)F)cc2)C[C@H]2C[C@@H](Oc3cnc(C4CC4)cn3)CN12. The molecule has 0 unspecified atom stereocenters.